The number of ketones is 1. The third-order valence-corrected chi connectivity index (χ3v) is 4.54. The minimum atomic E-state index is -4.29. The van der Waals surface area contributed by atoms with Crippen LogP contribution in [-0.2, 0) is 0 Å². The van der Waals surface area contributed by atoms with Gasteiger partial charge in [0.15, 0.2) is 5.78 Å². The molecule has 0 unspecified atom stereocenters. The molecule has 0 amide bonds. The molecular formula is C10H13F3N2OS2. The summed E-state index contributed by atoms with van der Waals surface area (Å²) in [6.07, 6.45) is -2.58. The Labute approximate surface area is 111 Å². The molecule has 0 atom stereocenters. The van der Waals surface area contributed by atoms with E-state index < -0.39 is 12.7 Å². The number of thioether (sulfide) groups is 1. The van der Waals surface area contributed by atoms with Gasteiger partial charge in [-0.2, -0.15) is 13.2 Å². The summed E-state index contributed by atoms with van der Waals surface area (Å²) in [7, 11) is 1.34. The second-order valence-corrected chi connectivity index (χ2v) is 5.53. The lowest BCUT2D eigenvalue weighted by molar-refractivity contribution is -0.119. The van der Waals surface area contributed by atoms with Crippen LogP contribution in [0.1, 0.15) is 16.6 Å². The largest absolute Gasteiger partial charge is 0.405 e. The SMILES string of the molecule is CSc1c(N(C)CC(F)(F)F)sc(C(C)=O)c1N. The van der Waals surface area contributed by atoms with Gasteiger partial charge in [0.05, 0.1) is 15.5 Å². The number of halogens is 3. The number of nitrogen functional groups attached to an aromatic ring is 1. The Morgan fingerprint density at radius 1 is 1.50 bits per heavy atom. The molecule has 0 radical (unpaired) electrons. The van der Waals surface area contributed by atoms with Crippen molar-refractivity contribution >= 4 is 39.6 Å². The number of thiophene rings is 1. The molecule has 18 heavy (non-hydrogen) atoms. The number of nitrogens with zero attached hydrogens (tertiary/aromatic N) is 1. The summed E-state index contributed by atoms with van der Waals surface area (Å²) in [5, 5.41) is 0.377. The number of nitrogens with two attached hydrogens (primary N) is 1. The number of anilines is 2. The van der Waals surface area contributed by atoms with Crippen molar-refractivity contribution in [2.45, 2.75) is 18.0 Å². The van der Waals surface area contributed by atoms with E-state index in [0.29, 0.717) is 14.8 Å². The highest BCUT2D eigenvalue weighted by molar-refractivity contribution is 7.99. The molecule has 102 valence electrons. The minimum absolute atomic E-state index is 0.237. The van der Waals surface area contributed by atoms with E-state index in [0.717, 1.165) is 16.2 Å². The molecule has 1 rings (SSSR count). The summed E-state index contributed by atoms with van der Waals surface area (Å²) in [6, 6.07) is 0. The lowest BCUT2D eigenvalue weighted by Crippen LogP contribution is -2.30. The highest BCUT2D eigenvalue weighted by atomic mass is 32.2. The van der Waals surface area contributed by atoms with E-state index >= 15 is 0 Å². The summed E-state index contributed by atoms with van der Waals surface area (Å²) in [4.78, 5) is 13.2. The molecule has 8 heteroatoms. The quantitative estimate of drug-likeness (QED) is 0.684. The number of hydrogen-bond donors (Lipinski definition) is 1. The van der Waals surface area contributed by atoms with Crippen molar-refractivity contribution in [2.24, 2.45) is 0 Å². The first-order chi connectivity index (χ1) is 8.17. The molecule has 0 fully saturated rings. The summed E-state index contributed by atoms with van der Waals surface area (Å²) in [5.74, 6) is -0.237. The fourth-order valence-electron chi connectivity index (χ4n) is 1.47. The first-order valence-electron chi connectivity index (χ1n) is 4.92. The van der Waals surface area contributed by atoms with Gasteiger partial charge in [0.25, 0.3) is 0 Å². The predicted octanol–water partition coefficient (Wildman–Crippen LogP) is 3.25. The number of Topliss-reactive ketones (excluding diaryl/α,β-unsaturated/α-hetero) is 1. The van der Waals surface area contributed by atoms with Crippen LogP contribution in [0.5, 0.6) is 0 Å². The highest BCUT2D eigenvalue weighted by Crippen LogP contribution is 2.44. The Kier molecular flexibility index (Phi) is 4.55. The molecule has 0 aliphatic heterocycles. The van der Waals surface area contributed by atoms with E-state index in [4.69, 9.17) is 5.73 Å². The zero-order valence-electron chi connectivity index (χ0n) is 10.1. The lowest BCUT2D eigenvalue weighted by atomic mass is 10.3. The zero-order valence-corrected chi connectivity index (χ0v) is 11.7. The fourth-order valence-corrected chi connectivity index (χ4v) is 3.53. The maximum absolute atomic E-state index is 12.4. The number of carbonyl (C=O) groups excluding carboxylic acids is 1. The molecular weight excluding hydrogens is 285 g/mol. The molecule has 3 nitrogen and oxygen atoms in total. The van der Waals surface area contributed by atoms with Crippen LogP contribution in [0, 0.1) is 0 Å². The summed E-state index contributed by atoms with van der Waals surface area (Å²) in [5.41, 5.74) is 6.05. The maximum atomic E-state index is 12.4. The standard InChI is InChI=1S/C10H13F3N2OS2/c1-5(16)7-6(14)8(17-3)9(18-7)15(2)4-10(11,12)13/h4,14H2,1-3H3. The van der Waals surface area contributed by atoms with Crippen molar-refractivity contribution < 1.29 is 18.0 Å². The van der Waals surface area contributed by atoms with E-state index in [1.807, 2.05) is 0 Å². The third kappa shape index (κ3) is 3.32. The van der Waals surface area contributed by atoms with Crippen LogP contribution in [0.25, 0.3) is 0 Å². The van der Waals surface area contributed by atoms with Crippen LogP contribution in [0.4, 0.5) is 23.9 Å². The number of carbonyl (C=O) groups is 1. The molecule has 0 aromatic carbocycles. The second kappa shape index (κ2) is 5.40. The molecule has 1 heterocycles. The number of rotatable bonds is 4. The molecule has 0 saturated heterocycles. The van der Waals surface area contributed by atoms with Crippen LogP contribution in [0.2, 0.25) is 0 Å². The van der Waals surface area contributed by atoms with Crippen molar-refractivity contribution in [3.63, 3.8) is 0 Å². The molecule has 0 aliphatic carbocycles. The van der Waals surface area contributed by atoms with Gasteiger partial charge in [-0.1, -0.05) is 0 Å². The second-order valence-electron chi connectivity index (χ2n) is 3.71. The predicted molar refractivity (Wildman–Crippen MR) is 69.8 cm³/mol. The van der Waals surface area contributed by atoms with Crippen molar-refractivity contribution in [2.75, 3.05) is 30.5 Å². The van der Waals surface area contributed by atoms with Crippen molar-refractivity contribution in [3.8, 4) is 0 Å². The van der Waals surface area contributed by atoms with E-state index in [-0.39, 0.29) is 11.5 Å². The molecule has 0 aliphatic rings. The summed E-state index contributed by atoms with van der Waals surface area (Å²) >= 11 is 2.24. The molecule has 0 spiro atoms. The highest BCUT2D eigenvalue weighted by Gasteiger charge is 2.31. The summed E-state index contributed by atoms with van der Waals surface area (Å²) in [6.45, 7) is 0.275. The average molecular weight is 298 g/mol. The Bertz CT molecular complexity index is 457. The fraction of sp³-hybridized carbons (Fsp3) is 0.500. The first kappa shape index (κ1) is 15.2. The van der Waals surface area contributed by atoms with Crippen LogP contribution in [-0.4, -0.2) is 31.8 Å². The lowest BCUT2D eigenvalue weighted by Gasteiger charge is -2.20. The Balaban J connectivity index is 3.16. The van der Waals surface area contributed by atoms with Crippen LogP contribution >= 0.6 is 23.1 Å². The van der Waals surface area contributed by atoms with Crippen LogP contribution < -0.4 is 10.6 Å². The molecule has 1 aromatic rings. The summed E-state index contributed by atoms with van der Waals surface area (Å²) < 4.78 is 37.1. The Hall–Kier alpha value is -0.890. The van der Waals surface area contributed by atoms with Crippen LogP contribution in [0.3, 0.4) is 0 Å². The number of hydrogen-bond acceptors (Lipinski definition) is 5. The smallest absolute Gasteiger partial charge is 0.396 e. The molecule has 2 N–H and O–H groups in total. The van der Waals surface area contributed by atoms with Gasteiger partial charge in [-0.3, -0.25) is 4.79 Å². The number of alkyl halides is 3. The van der Waals surface area contributed by atoms with Gasteiger partial charge in [0.2, 0.25) is 0 Å². The minimum Gasteiger partial charge on any atom is -0.396 e. The van der Waals surface area contributed by atoms with Gasteiger partial charge >= 0.3 is 6.18 Å². The van der Waals surface area contributed by atoms with Gasteiger partial charge in [0.1, 0.15) is 11.5 Å². The molecule has 1 aromatic heterocycles. The van der Waals surface area contributed by atoms with Crippen molar-refractivity contribution in [1.29, 1.82) is 0 Å². The van der Waals surface area contributed by atoms with Gasteiger partial charge in [-0.05, 0) is 6.26 Å². The van der Waals surface area contributed by atoms with E-state index in [1.165, 1.54) is 25.7 Å². The maximum Gasteiger partial charge on any atom is 0.405 e. The van der Waals surface area contributed by atoms with E-state index in [2.05, 4.69) is 0 Å². The normalized spacial score (nSPS) is 11.7. The van der Waals surface area contributed by atoms with E-state index in [1.54, 1.807) is 6.26 Å². The Morgan fingerprint density at radius 3 is 2.44 bits per heavy atom. The van der Waals surface area contributed by atoms with Crippen molar-refractivity contribution in [3.05, 3.63) is 4.88 Å². The van der Waals surface area contributed by atoms with Gasteiger partial charge < -0.3 is 10.6 Å². The first-order valence-corrected chi connectivity index (χ1v) is 6.96. The van der Waals surface area contributed by atoms with E-state index in [9.17, 15) is 18.0 Å². The topological polar surface area (TPSA) is 46.3 Å². The van der Waals surface area contributed by atoms with Gasteiger partial charge in [0, 0.05) is 14.0 Å². The van der Waals surface area contributed by atoms with Gasteiger partial charge in [-0.15, -0.1) is 23.1 Å². The van der Waals surface area contributed by atoms with Gasteiger partial charge in [-0.25, -0.2) is 0 Å². The monoisotopic (exact) mass is 298 g/mol. The third-order valence-electron chi connectivity index (χ3n) is 2.17. The average Bonchev–Trinajstić information content (AvgIpc) is 2.52. The van der Waals surface area contributed by atoms with Crippen LogP contribution in [0.15, 0.2) is 4.90 Å². The Morgan fingerprint density at radius 2 is 2.06 bits per heavy atom. The zero-order chi connectivity index (χ0) is 14.1. The van der Waals surface area contributed by atoms with Crippen molar-refractivity contribution in [1.82, 2.24) is 0 Å². The molecule has 0 saturated carbocycles. The molecule has 0 bridgehead atoms.